The molecule has 6 nitrogen and oxygen atoms in total. The van der Waals surface area contributed by atoms with Crippen molar-refractivity contribution in [1.29, 1.82) is 0 Å². The monoisotopic (exact) mass is 317 g/mol. The van der Waals surface area contributed by atoms with Crippen molar-refractivity contribution in [3.8, 4) is 5.75 Å². The Morgan fingerprint density at radius 2 is 1.91 bits per heavy atom. The third-order valence-electron chi connectivity index (χ3n) is 3.72. The van der Waals surface area contributed by atoms with E-state index in [2.05, 4.69) is 22.7 Å². The molecule has 0 aliphatic heterocycles. The number of amides is 3. The predicted molar refractivity (Wildman–Crippen MR) is 88.1 cm³/mol. The summed E-state index contributed by atoms with van der Waals surface area (Å²) in [4.78, 5) is 24.0. The van der Waals surface area contributed by atoms with E-state index in [4.69, 9.17) is 4.74 Å². The number of rotatable bonds is 5. The van der Waals surface area contributed by atoms with Crippen LogP contribution in [0.4, 0.5) is 4.79 Å². The molecule has 0 atom stereocenters. The largest absolute Gasteiger partial charge is 0.489 e. The molecule has 1 aromatic carbocycles. The van der Waals surface area contributed by atoms with E-state index in [9.17, 15) is 9.59 Å². The molecule has 1 aliphatic rings. The van der Waals surface area contributed by atoms with Gasteiger partial charge < -0.3 is 10.1 Å². The molecule has 23 heavy (non-hydrogen) atoms. The van der Waals surface area contributed by atoms with Gasteiger partial charge in [-0.3, -0.25) is 10.2 Å². The minimum absolute atomic E-state index is 0.184. The number of hydrogen-bond acceptors (Lipinski definition) is 3. The summed E-state index contributed by atoms with van der Waals surface area (Å²) in [5.74, 6) is 0.0165. The maximum absolute atomic E-state index is 12.2. The highest BCUT2D eigenvalue weighted by Crippen LogP contribution is 2.18. The molecule has 0 bridgehead atoms. The molecule has 0 radical (unpaired) electrons. The zero-order chi connectivity index (χ0) is 16.5. The van der Waals surface area contributed by atoms with Gasteiger partial charge in [-0.25, -0.2) is 10.2 Å². The van der Waals surface area contributed by atoms with Crippen molar-refractivity contribution in [2.75, 3.05) is 6.61 Å². The van der Waals surface area contributed by atoms with Crippen LogP contribution in [0.25, 0.3) is 0 Å². The molecule has 0 spiro atoms. The lowest BCUT2D eigenvalue weighted by Crippen LogP contribution is -2.50. The minimum Gasteiger partial charge on any atom is -0.489 e. The number of hydrazine groups is 1. The van der Waals surface area contributed by atoms with E-state index >= 15 is 0 Å². The first-order valence-electron chi connectivity index (χ1n) is 7.90. The van der Waals surface area contributed by atoms with Gasteiger partial charge in [0.25, 0.3) is 5.91 Å². The van der Waals surface area contributed by atoms with E-state index in [1.165, 1.54) is 6.42 Å². The molecule has 6 heteroatoms. The van der Waals surface area contributed by atoms with Crippen LogP contribution in [0.2, 0.25) is 0 Å². The molecule has 124 valence electrons. The van der Waals surface area contributed by atoms with Gasteiger partial charge in [0.05, 0.1) is 5.56 Å². The normalized spacial score (nSPS) is 14.6. The predicted octanol–water partition coefficient (Wildman–Crippen LogP) is 2.53. The van der Waals surface area contributed by atoms with Crippen LogP contribution in [0.3, 0.4) is 0 Å². The highest BCUT2D eigenvalue weighted by atomic mass is 16.5. The standard InChI is InChI=1S/C17H23N3O3/c1-2-12-23-15-11-7-6-10-14(15)16(21)19-20-17(22)18-13-8-4-3-5-9-13/h2,6-7,10-11,13H,1,3-5,8-9,12H2,(H,19,21)(H2,18,20,22). The van der Waals surface area contributed by atoms with Crippen molar-refractivity contribution in [3.05, 3.63) is 42.5 Å². The molecule has 1 fully saturated rings. The smallest absolute Gasteiger partial charge is 0.333 e. The van der Waals surface area contributed by atoms with Crippen LogP contribution < -0.4 is 20.9 Å². The highest BCUT2D eigenvalue weighted by Gasteiger charge is 2.17. The van der Waals surface area contributed by atoms with Gasteiger partial charge in [-0.1, -0.05) is 44.1 Å². The molecule has 1 aromatic rings. The van der Waals surface area contributed by atoms with Crippen molar-refractivity contribution in [2.45, 2.75) is 38.1 Å². The van der Waals surface area contributed by atoms with Gasteiger partial charge in [-0.2, -0.15) is 0 Å². The Bertz CT molecular complexity index is 554. The van der Waals surface area contributed by atoms with Crippen LogP contribution in [0, 0.1) is 0 Å². The Kier molecular flexibility index (Phi) is 6.47. The molecule has 0 aromatic heterocycles. The van der Waals surface area contributed by atoms with E-state index in [0.29, 0.717) is 17.9 Å². The number of urea groups is 1. The summed E-state index contributed by atoms with van der Waals surface area (Å²) in [6.45, 7) is 3.88. The Hall–Kier alpha value is -2.50. The van der Waals surface area contributed by atoms with Crippen LogP contribution in [-0.4, -0.2) is 24.6 Å². The van der Waals surface area contributed by atoms with Gasteiger partial charge in [0.1, 0.15) is 12.4 Å². The van der Waals surface area contributed by atoms with Gasteiger partial charge in [-0.05, 0) is 25.0 Å². The zero-order valence-corrected chi connectivity index (χ0v) is 13.1. The van der Waals surface area contributed by atoms with Gasteiger partial charge in [0.15, 0.2) is 0 Å². The SMILES string of the molecule is C=CCOc1ccccc1C(=O)NNC(=O)NC1CCCCC1. The fourth-order valence-electron chi connectivity index (χ4n) is 2.58. The van der Waals surface area contributed by atoms with Crippen molar-refractivity contribution in [1.82, 2.24) is 16.2 Å². The molecule has 1 saturated carbocycles. The number of carbonyl (C=O) groups excluding carboxylic acids is 2. The summed E-state index contributed by atoms with van der Waals surface area (Å²) in [5, 5.41) is 2.87. The second-order valence-electron chi connectivity index (χ2n) is 5.48. The third kappa shape index (κ3) is 5.32. The summed E-state index contributed by atoms with van der Waals surface area (Å²) in [6.07, 6.45) is 7.05. The minimum atomic E-state index is -0.427. The summed E-state index contributed by atoms with van der Waals surface area (Å²) >= 11 is 0. The average Bonchev–Trinajstić information content (AvgIpc) is 2.59. The quantitative estimate of drug-likeness (QED) is 0.577. The van der Waals surface area contributed by atoms with E-state index in [-0.39, 0.29) is 6.04 Å². The molecule has 0 saturated heterocycles. The van der Waals surface area contributed by atoms with Crippen LogP contribution in [-0.2, 0) is 0 Å². The van der Waals surface area contributed by atoms with Crippen molar-refractivity contribution >= 4 is 11.9 Å². The first-order valence-corrected chi connectivity index (χ1v) is 7.90. The first kappa shape index (κ1) is 16.9. The number of benzene rings is 1. The third-order valence-corrected chi connectivity index (χ3v) is 3.72. The highest BCUT2D eigenvalue weighted by molar-refractivity contribution is 5.97. The second kappa shape index (κ2) is 8.82. The Morgan fingerprint density at radius 3 is 2.65 bits per heavy atom. The van der Waals surface area contributed by atoms with Crippen LogP contribution in [0.5, 0.6) is 5.75 Å². The van der Waals surface area contributed by atoms with Gasteiger partial charge in [0.2, 0.25) is 0 Å². The van der Waals surface area contributed by atoms with Crippen LogP contribution in [0.1, 0.15) is 42.5 Å². The number of para-hydroxylation sites is 1. The molecule has 3 amide bonds. The van der Waals surface area contributed by atoms with E-state index in [0.717, 1.165) is 25.7 Å². The average molecular weight is 317 g/mol. The molecular weight excluding hydrogens is 294 g/mol. The lowest BCUT2D eigenvalue weighted by molar-refractivity contribution is 0.0932. The fraction of sp³-hybridized carbons (Fsp3) is 0.412. The molecule has 0 unspecified atom stereocenters. The number of ether oxygens (including phenoxy) is 1. The first-order chi connectivity index (χ1) is 11.2. The molecule has 0 heterocycles. The Labute approximate surface area is 136 Å². The number of hydrogen-bond donors (Lipinski definition) is 3. The van der Waals surface area contributed by atoms with E-state index < -0.39 is 11.9 Å². The maximum atomic E-state index is 12.2. The Balaban J connectivity index is 1.84. The van der Waals surface area contributed by atoms with E-state index in [1.807, 2.05) is 0 Å². The molecular formula is C17H23N3O3. The van der Waals surface area contributed by atoms with Crippen LogP contribution in [0.15, 0.2) is 36.9 Å². The zero-order valence-electron chi connectivity index (χ0n) is 13.1. The number of carbonyl (C=O) groups is 2. The fourth-order valence-corrected chi connectivity index (χ4v) is 2.58. The molecule has 2 rings (SSSR count). The topological polar surface area (TPSA) is 79.5 Å². The van der Waals surface area contributed by atoms with Crippen molar-refractivity contribution in [2.24, 2.45) is 0 Å². The van der Waals surface area contributed by atoms with Gasteiger partial charge >= 0.3 is 6.03 Å². The molecule has 3 N–H and O–H groups in total. The maximum Gasteiger partial charge on any atom is 0.333 e. The summed E-state index contributed by atoms with van der Waals surface area (Å²) in [5.41, 5.74) is 5.14. The summed E-state index contributed by atoms with van der Waals surface area (Å²) in [7, 11) is 0. The van der Waals surface area contributed by atoms with Crippen LogP contribution >= 0.6 is 0 Å². The summed E-state index contributed by atoms with van der Waals surface area (Å²) in [6, 6.07) is 6.63. The second-order valence-corrected chi connectivity index (χ2v) is 5.48. The van der Waals surface area contributed by atoms with Crippen molar-refractivity contribution in [3.63, 3.8) is 0 Å². The van der Waals surface area contributed by atoms with E-state index in [1.54, 1.807) is 30.3 Å². The van der Waals surface area contributed by atoms with Gasteiger partial charge in [-0.15, -0.1) is 0 Å². The Morgan fingerprint density at radius 1 is 1.17 bits per heavy atom. The summed E-state index contributed by atoms with van der Waals surface area (Å²) < 4.78 is 5.43. The van der Waals surface area contributed by atoms with Gasteiger partial charge in [0, 0.05) is 6.04 Å². The number of nitrogens with one attached hydrogen (secondary N) is 3. The van der Waals surface area contributed by atoms with Crippen molar-refractivity contribution < 1.29 is 14.3 Å². The lowest BCUT2D eigenvalue weighted by atomic mass is 9.96. The molecule has 1 aliphatic carbocycles. The lowest BCUT2D eigenvalue weighted by Gasteiger charge is -2.22.